The summed E-state index contributed by atoms with van der Waals surface area (Å²) in [5.74, 6) is -1.52. The Hall–Kier alpha value is -3.60. The standard InChI is InChI=1S/C62H105O11P/c1-4-7-10-13-16-19-22-25-27-29-31-34-36-39-42-45-48-51-60(64)69-55-59(73-62(66)53-50-47-44-41-38-35-32-30-28-26-23-20-17-14-11-8-5-2)57-71-74(67,68)70-56-58(54-63)72-61(65)52-49-46-43-40-37-33-24-21-18-15-12-9-6-3/h7,10,12,15-17,19-21,24-28,31,34,58-59,63H,4-6,8-9,11,13-14,18,22-23,29-30,32-33,35-57H2,1-3H3,(H,67,68)/b10-7-,15-12-,19-16-,20-17-,24-21-,27-25-,28-26-,34-31-. The zero-order valence-corrected chi connectivity index (χ0v) is 47.7. The highest BCUT2D eigenvalue weighted by Gasteiger charge is 2.28. The summed E-state index contributed by atoms with van der Waals surface area (Å²) < 4.78 is 39.5. The number of allylic oxidation sites excluding steroid dienone is 16. The Balaban J connectivity index is 4.80. The average Bonchev–Trinajstić information content (AvgIpc) is 3.39. The van der Waals surface area contributed by atoms with Crippen molar-refractivity contribution in [2.24, 2.45) is 0 Å². The molecule has 3 unspecified atom stereocenters. The fourth-order valence-electron chi connectivity index (χ4n) is 7.53. The number of carbonyl (C=O) groups is 3. The number of carbonyl (C=O) groups excluding carboxylic acids is 3. The van der Waals surface area contributed by atoms with Crippen LogP contribution in [0.15, 0.2) is 97.2 Å². The first-order chi connectivity index (χ1) is 36.2. The topological polar surface area (TPSA) is 155 Å². The van der Waals surface area contributed by atoms with Crippen LogP contribution >= 0.6 is 7.82 Å². The molecular weight excluding hydrogens is 952 g/mol. The van der Waals surface area contributed by atoms with Crippen LogP contribution in [-0.4, -0.2) is 66.5 Å². The summed E-state index contributed by atoms with van der Waals surface area (Å²) in [5.41, 5.74) is 0. The van der Waals surface area contributed by atoms with E-state index in [2.05, 4.69) is 118 Å². The van der Waals surface area contributed by atoms with E-state index in [4.69, 9.17) is 23.3 Å². The minimum absolute atomic E-state index is 0.148. The molecule has 0 aromatic carbocycles. The first-order valence-electron chi connectivity index (χ1n) is 29.1. The number of unbranched alkanes of at least 4 members (excludes halogenated alkanes) is 20. The Morgan fingerprint density at radius 1 is 0.392 bits per heavy atom. The number of rotatable bonds is 53. The normalized spacial score (nSPS) is 14.1. The summed E-state index contributed by atoms with van der Waals surface area (Å²) in [7, 11) is -4.76. The molecule has 424 valence electrons. The van der Waals surface area contributed by atoms with Crippen LogP contribution in [0.25, 0.3) is 0 Å². The van der Waals surface area contributed by atoms with E-state index in [9.17, 15) is 28.9 Å². The number of esters is 3. The Labute approximate surface area is 451 Å². The first kappa shape index (κ1) is 70.4. The van der Waals surface area contributed by atoms with E-state index >= 15 is 0 Å². The smallest absolute Gasteiger partial charge is 0.462 e. The monoisotopic (exact) mass is 1060 g/mol. The van der Waals surface area contributed by atoms with Gasteiger partial charge in [0.05, 0.1) is 19.8 Å². The van der Waals surface area contributed by atoms with E-state index in [0.29, 0.717) is 19.3 Å². The van der Waals surface area contributed by atoms with Gasteiger partial charge in [0.15, 0.2) is 6.10 Å². The maximum absolute atomic E-state index is 12.9. The van der Waals surface area contributed by atoms with Gasteiger partial charge in [-0.05, 0) is 116 Å². The SMILES string of the molecule is CC/C=C\C/C=C\C/C=C\C/C=C\CCCCCCC(=O)OCC(COP(=O)(O)OCC(CO)OC(=O)CCCCCCC/C=C\C/C=C\CCC)OC(=O)CCCCCCCCC/C=C\C/C=C\CCCCC. The summed E-state index contributed by atoms with van der Waals surface area (Å²) >= 11 is 0. The number of hydrogen-bond acceptors (Lipinski definition) is 10. The molecule has 74 heavy (non-hydrogen) atoms. The minimum Gasteiger partial charge on any atom is -0.462 e. The van der Waals surface area contributed by atoms with Gasteiger partial charge < -0.3 is 24.2 Å². The Kier molecular flexibility index (Phi) is 52.9. The van der Waals surface area contributed by atoms with Gasteiger partial charge in [-0.15, -0.1) is 0 Å². The average molecular weight is 1060 g/mol. The van der Waals surface area contributed by atoms with Crippen molar-refractivity contribution in [1.82, 2.24) is 0 Å². The summed E-state index contributed by atoms with van der Waals surface area (Å²) in [6.45, 7) is 4.39. The second kappa shape index (κ2) is 55.6. The van der Waals surface area contributed by atoms with Crippen LogP contribution < -0.4 is 0 Å². The number of aliphatic hydroxyl groups is 1. The second-order valence-electron chi connectivity index (χ2n) is 19.1. The third-order valence-electron chi connectivity index (χ3n) is 11.9. The summed E-state index contributed by atoms with van der Waals surface area (Å²) in [5, 5.41) is 9.81. The minimum atomic E-state index is -4.76. The van der Waals surface area contributed by atoms with Crippen molar-refractivity contribution in [2.45, 2.75) is 251 Å². The first-order valence-corrected chi connectivity index (χ1v) is 30.6. The summed E-state index contributed by atoms with van der Waals surface area (Å²) in [4.78, 5) is 48.6. The fourth-order valence-corrected chi connectivity index (χ4v) is 8.32. The van der Waals surface area contributed by atoms with Crippen molar-refractivity contribution < 1.29 is 52.2 Å². The third-order valence-corrected chi connectivity index (χ3v) is 12.9. The summed E-state index contributed by atoms with van der Waals surface area (Å²) in [6, 6.07) is 0. The van der Waals surface area contributed by atoms with Crippen molar-refractivity contribution in [3.05, 3.63) is 97.2 Å². The lowest BCUT2D eigenvalue weighted by Gasteiger charge is -2.21. The lowest BCUT2D eigenvalue weighted by molar-refractivity contribution is -0.161. The molecule has 12 heteroatoms. The van der Waals surface area contributed by atoms with Crippen molar-refractivity contribution >= 4 is 25.7 Å². The van der Waals surface area contributed by atoms with E-state index in [1.54, 1.807) is 0 Å². The van der Waals surface area contributed by atoms with Crippen molar-refractivity contribution in [3.63, 3.8) is 0 Å². The molecule has 0 saturated carbocycles. The number of aliphatic hydroxyl groups excluding tert-OH is 1. The number of phosphoric ester groups is 1. The van der Waals surface area contributed by atoms with Crippen LogP contribution in [0.3, 0.4) is 0 Å². The molecule has 11 nitrogen and oxygen atoms in total. The second-order valence-corrected chi connectivity index (χ2v) is 20.5. The lowest BCUT2D eigenvalue weighted by atomic mass is 10.1. The predicted molar refractivity (Wildman–Crippen MR) is 307 cm³/mol. The molecule has 0 aliphatic rings. The Bertz CT molecular complexity index is 1610. The zero-order chi connectivity index (χ0) is 54.1. The van der Waals surface area contributed by atoms with Crippen LogP contribution in [0.1, 0.15) is 239 Å². The van der Waals surface area contributed by atoms with E-state index in [-0.39, 0.29) is 25.9 Å². The van der Waals surface area contributed by atoms with Gasteiger partial charge >= 0.3 is 25.7 Å². The van der Waals surface area contributed by atoms with Crippen LogP contribution in [-0.2, 0) is 42.2 Å². The van der Waals surface area contributed by atoms with Gasteiger partial charge in [0.1, 0.15) is 12.7 Å². The maximum atomic E-state index is 12.9. The highest BCUT2D eigenvalue weighted by atomic mass is 31.2. The van der Waals surface area contributed by atoms with Crippen molar-refractivity contribution in [1.29, 1.82) is 0 Å². The van der Waals surface area contributed by atoms with Gasteiger partial charge in [-0.1, -0.05) is 201 Å². The maximum Gasteiger partial charge on any atom is 0.472 e. The number of hydrogen-bond donors (Lipinski definition) is 2. The molecule has 0 spiro atoms. The molecule has 2 N–H and O–H groups in total. The fraction of sp³-hybridized carbons (Fsp3) is 0.694. The van der Waals surface area contributed by atoms with Gasteiger partial charge in [-0.3, -0.25) is 23.4 Å². The van der Waals surface area contributed by atoms with Gasteiger partial charge in [0.2, 0.25) is 0 Å². The zero-order valence-electron chi connectivity index (χ0n) is 46.8. The molecule has 0 aliphatic carbocycles. The van der Waals surface area contributed by atoms with Crippen molar-refractivity contribution in [2.75, 3.05) is 26.4 Å². The van der Waals surface area contributed by atoms with Gasteiger partial charge in [-0.25, -0.2) is 4.57 Å². The molecule has 0 aromatic heterocycles. The Morgan fingerprint density at radius 2 is 0.730 bits per heavy atom. The van der Waals surface area contributed by atoms with E-state index in [1.165, 1.54) is 38.5 Å². The molecule has 0 rings (SSSR count). The van der Waals surface area contributed by atoms with Crippen LogP contribution in [0.4, 0.5) is 0 Å². The van der Waals surface area contributed by atoms with E-state index in [0.717, 1.165) is 141 Å². The molecule has 0 radical (unpaired) electrons. The molecular formula is C62H105O11P. The molecule has 0 saturated heterocycles. The molecule has 0 heterocycles. The van der Waals surface area contributed by atoms with Crippen molar-refractivity contribution in [3.8, 4) is 0 Å². The largest absolute Gasteiger partial charge is 0.472 e. The Morgan fingerprint density at radius 3 is 1.14 bits per heavy atom. The molecule has 0 aromatic rings. The molecule has 0 amide bonds. The van der Waals surface area contributed by atoms with E-state index < -0.39 is 57.8 Å². The van der Waals surface area contributed by atoms with E-state index in [1.807, 2.05) is 0 Å². The summed E-state index contributed by atoms with van der Waals surface area (Å²) in [6.07, 6.45) is 65.0. The highest BCUT2D eigenvalue weighted by molar-refractivity contribution is 7.47. The quantitative estimate of drug-likeness (QED) is 0.0197. The van der Waals surface area contributed by atoms with Crippen LogP contribution in [0.5, 0.6) is 0 Å². The molecule has 0 bridgehead atoms. The molecule has 0 fully saturated rings. The third kappa shape index (κ3) is 53.2. The highest BCUT2D eigenvalue weighted by Crippen LogP contribution is 2.43. The lowest BCUT2D eigenvalue weighted by Crippen LogP contribution is -2.30. The number of ether oxygens (including phenoxy) is 3. The van der Waals surface area contributed by atoms with Gasteiger partial charge in [0.25, 0.3) is 0 Å². The van der Waals surface area contributed by atoms with Gasteiger partial charge in [0, 0.05) is 19.3 Å². The molecule has 3 atom stereocenters. The van der Waals surface area contributed by atoms with Gasteiger partial charge in [-0.2, -0.15) is 0 Å². The van der Waals surface area contributed by atoms with Crippen LogP contribution in [0, 0.1) is 0 Å². The number of phosphoric acid groups is 1. The predicted octanol–water partition coefficient (Wildman–Crippen LogP) is 17.3. The molecule has 0 aliphatic heterocycles. The van der Waals surface area contributed by atoms with Crippen LogP contribution in [0.2, 0.25) is 0 Å².